The van der Waals surface area contributed by atoms with Crippen LogP contribution >= 0.6 is 23.2 Å². The molecule has 1 amide bonds. The summed E-state index contributed by atoms with van der Waals surface area (Å²) in [5, 5.41) is 3.58. The van der Waals surface area contributed by atoms with Gasteiger partial charge in [-0.2, -0.15) is 0 Å². The molecule has 0 saturated carbocycles. The fourth-order valence-corrected chi connectivity index (χ4v) is 3.21. The number of anilines is 1. The predicted octanol–water partition coefficient (Wildman–Crippen LogP) is 5.22. The third kappa shape index (κ3) is 3.70. The lowest BCUT2D eigenvalue weighted by Gasteiger charge is -2.07. The molecule has 5 nitrogen and oxygen atoms in total. The highest BCUT2D eigenvalue weighted by Crippen LogP contribution is 2.36. The van der Waals surface area contributed by atoms with Crippen molar-refractivity contribution in [3.8, 4) is 11.3 Å². The monoisotopic (exact) mass is 396 g/mol. The third-order valence-corrected chi connectivity index (χ3v) is 4.86. The first-order valence-corrected chi connectivity index (χ1v) is 9.01. The average Bonchev–Trinajstić information content (AvgIpc) is 2.80. The minimum atomic E-state index is -0.161. The van der Waals surface area contributed by atoms with Gasteiger partial charge in [0.2, 0.25) is 5.91 Å². The third-order valence-electron chi connectivity index (χ3n) is 4.14. The van der Waals surface area contributed by atoms with E-state index >= 15 is 0 Å². The molecule has 0 atom stereocenters. The Morgan fingerprint density at radius 2 is 1.81 bits per heavy atom. The van der Waals surface area contributed by atoms with Crippen molar-refractivity contribution in [2.45, 2.75) is 13.3 Å². The maximum absolute atomic E-state index is 12.3. The standard InChI is InChI=1S/C20H14Cl2N4O/c1-11-9-23-10-19(24-11)13-4-2-3-12(5-13)16-8-20(27)26-18-7-15(22)14(21)6-17(18)25-16/h2-7,9-10H,8H2,1H3,(H,26,27). The number of carbonyl (C=O) groups is 1. The van der Waals surface area contributed by atoms with Crippen molar-refractivity contribution in [2.75, 3.05) is 5.32 Å². The minimum absolute atomic E-state index is 0.146. The predicted molar refractivity (Wildman–Crippen MR) is 108 cm³/mol. The molecule has 1 N–H and O–H groups in total. The summed E-state index contributed by atoms with van der Waals surface area (Å²) >= 11 is 12.2. The van der Waals surface area contributed by atoms with E-state index in [1.165, 1.54) is 0 Å². The van der Waals surface area contributed by atoms with Crippen LogP contribution in [0.2, 0.25) is 10.0 Å². The van der Waals surface area contributed by atoms with Crippen LogP contribution in [-0.2, 0) is 4.79 Å². The van der Waals surface area contributed by atoms with Crippen LogP contribution in [0.15, 0.2) is 53.8 Å². The number of hydrogen-bond acceptors (Lipinski definition) is 4. The van der Waals surface area contributed by atoms with Gasteiger partial charge in [-0.15, -0.1) is 0 Å². The quantitative estimate of drug-likeness (QED) is 0.645. The number of fused-ring (bicyclic) bond motifs is 1. The van der Waals surface area contributed by atoms with Crippen LogP contribution in [0.3, 0.4) is 0 Å². The van der Waals surface area contributed by atoms with Crippen LogP contribution in [0.4, 0.5) is 11.4 Å². The molecule has 0 spiro atoms. The van der Waals surface area contributed by atoms with E-state index in [1.54, 1.807) is 24.5 Å². The number of aromatic nitrogens is 2. The summed E-state index contributed by atoms with van der Waals surface area (Å²) in [6, 6.07) is 11.0. The molecular formula is C20H14Cl2N4O. The van der Waals surface area contributed by atoms with Crippen LogP contribution in [0.1, 0.15) is 17.7 Å². The largest absolute Gasteiger partial charge is 0.324 e. The van der Waals surface area contributed by atoms with Gasteiger partial charge in [-0.05, 0) is 30.7 Å². The van der Waals surface area contributed by atoms with Gasteiger partial charge in [0.05, 0.1) is 51.1 Å². The highest BCUT2D eigenvalue weighted by atomic mass is 35.5. The zero-order valence-corrected chi connectivity index (χ0v) is 15.8. The summed E-state index contributed by atoms with van der Waals surface area (Å²) < 4.78 is 0. The molecule has 2 heterocycles. The first-order valence-electron chi connectivity index (χ1n) is 8.25. The molecule has 134 valence electrons. The minimum Gasteiger partial charge on any atom is -0.324 e. The molecule has 1 aliphatic heterocycles. The van der Waals surface area contributed by atoms with Gasteiger partial charge in [-0.25, -0.2) is 4.98 Å². The molecule has 1 aromatic heterocycles. The second-order valence-electron chi connectivity index (χ2n) is 6.19. The van der Waals surface area contributed by atoms with Crippen LogP contribution in [0.25, 0.3) is 11.3 Å². The Labute approximate surface area is 166 Å². The van der Waals surface area contributed by atoms with Crippen molar-refractivity contribution < 1.29 is 4.79 Å². The van der Waals surface area contributed by atoms with Crippen LogP contribution in [0, 0.1) is 6.92 Å². The first kappa shape index (κ1) is 17.6. The van der Waals surface area contributed by atoms with Gasteiger partial charge in [-0.1, -0.05) is 41.4 Å². The van der Waals surface area contributed by atoms with Crippen LogP contribution in [0.5, 0.6) is 0 Å². The lowest BCUT2D eigenvalue weighted by atomic mass is 10.0. The highest BCUT2D eigenvalue weighted by Gasteiger charge is 2.19. The first-order chi connectivity index (χ1) is 13.0. The Morgan fingerprint density at radius 1 is 1.04 bits per heavy atom. The Bertz CT molecular complexity index is 1100. The number of aliphatic imine (C=N–C) groups is 1. The molecule has 4 rings (SSSR count). The number of carbonyl (C=O) groups excluding carboxylic acids is 1. The zero-order chi connectivity index (χ0) is 19.0. The molecule has 0 saturated heterocycles. The lowest BCUT2D eigenvalue weighted by molar-refractivity contribution is -0.115. The van der Waals surface area contributed by atoms with Crippen LogP contribution in [-0.4, -0.2) is 21.6 Å². The van der Waals surface area contributed by atoms with Crippen LogP contribution < -0.4 is 5.32 Å². The van der Waals surface area contributed by atoms with E-state index in [0.717, 1.165) is 22.5 Å². The smallest absolute Gasteiger partial charge is 0.230 e. The van der Waals surface area contributed by atoms with Gasteiger partial charge in [-0.3, -0.25) is 14.8 Å². The van der Waals surface area contributed by atoms with Crippen molar-refractivity contribution in [1.82, 2.24) is 9.97 Å². The molecule has 7 heteroatoms. The number of rotatable bonds is 2. The Kier molecular flexibility index (Phi) is 4.64. The zero-order valence-electron chi connectivity index (χ0n) is 14.3. The van der Waals surface area contributed by atoms with Gasteiger partial charge in [0.1, 0.15) is 0 Å². The Balaban J connectivity index is 1.80. The van der Waals surface area contributed by atoms with E-state index in [1.807, 2.05) is 31.2 Å². The average molecular weight is 397 g/mol. The van der Waals surface area contributed by atoms with Crippen molar-refractivity contribution >= 4 is 46.2 Å². The summed E-state index contributed by atoms with van der Waals surface area (Å²) in [7, 11) is 0. The maximum atomic E-state index is 12.3. The number of nitrogens with one attached hydrogen (secondary N) is 1. The number of nitrogens with zero attached hydrogens (tertiary/aromatic N) is 3. The molecule has 0 fully saturated rings. The fourth-order valence-electron chi connectivity index (χ4n) is 2.89. The lowest BCUT2D eigenvalue weighted by Crippen LogP contribution is -2.15. The number of hydrogen-bond donors (Lipinski definition) is 1. The maximum Gasteiger partial charge on any atom is 0.230 e. The molecule has 0 aliphatic carbocycles. The molecule has 0 unspecified atom stereocenters. The van der Waals surface area contributed by atoms with E-state index < -0.39 is 0 Å². The van der Waals surface area contributed by atoms with E-state index in [2.05, 4.69) is 20.3 Å². The Morgan fingerprint density at radius 3 is 2.63 bits per heavy atom. The molecule has 1 aliphatic rings. The number of aryl methyl sites for hydroxylation is 1. The van der Waals surface area contributed by atoms with Crippen molar-refractivity contribution in [3.63, 3.8) is 0 Å². The summed E-state index contributed by atoms with van der Waals surface area (Å²) in [4.78, 5) is 25.7. The second-order valence-corrected chi connectivity index (χ2v) is 7.01. The molecular weight excluding hydrogens is 383 g/mol. The highest BCUT2D eigenvalue weighted by molar-refractivity contribution is 6.42. The second kappa shape index (κ2) is 7.10. The summed E-state index contributed by atoms with van der Waals surface area (Å²) in [6.07, 6.45) is 3.57. The van der Waals surface area contributed by atoms with Gasteiger partial charge in [0.25, 0.3) is 0 Å². The van der Waals surface area contributed by atoms with Gasteiger partial charge < -0.3 is 5.32 Å². The normalized spacial score (nSPS) is 13.4. The number of amides is 1. The Hall–Kier alpha value is -2.76. The van der Waals surface area contributed by atoms with E-state index in [0.29, 0.717) is 27.1 Å². The number of benzene rings is 2. The summed E-state index contributed by atoms with van der Waals surface area (Å²) in [5.74, 6) is -0.161. The summed E-state index contributed by atoms with van der Waals surface area (Å²) in [6.45, 7) is 1.89. The van der Waals surface area contributed by atoms with Gasteiger partial charge in [0.15, 0.2) is 0 Å². The molecule has 0 bridgehead atoms. The summed E-state index contributed by atoms with van der Waals surface area (Å²) in [5.41, 5.74) is 5.12. The van der Waals surface area contributed by atoms with Crippen molar-refractivity contribution in [3.05, 3.63) is 70.1 Å². The SMILES string of the molecule is Cc1cncc(-c2cccc(C3=Nc4cc(Cl)c(Cl)cc4NC(=O)C3)c2)n1. The van der Waals surface area contributed by atoms with Gasteiger partial charge >= 0.3 is 0 Å². The molecule has 2 aromatic carbocycles. The van der Waals surface area contributed by atoms with E-state index in [9.17, 15) is 4.79 Å². The topological polar surface area (TPSA) is 67.2 Å². The molecule has 0 radical (unpaired) electrons. The van der Waals surface area contributed by atoms with Crippen molar-refractivity contribution in [1.29, 1.82) is 0 Å². The fraction of sp³-hybridized carbons (Fsp3) is 0.100. The van der Waals surface area contributed by atoms with Gasteiger partial charge in [0, 0.05) is 11.8 Å². The molecule has 27 heavy (non-hydrogen) atoms. The van der Waals surface area contributed by atoms with Crippen molar-refractivity contribution in [2.24, 2.45) is 4.99 Å². The van der Waals surface area contributed by atoms with E-state index in [-0.39, 0.29) is 12.3 Å². The number of halogens is 2. The van der Waals surface area contributed by atoms with E-state index in [4.69, 9.17) is 23.2 Å². The molecule has 3 aromatic rings.